The molecule has 0 aromatic rings. The van der Waals surface area contributed by atoms with Crippen molar-refractivity contribution in [3.63, 3.8) is 0 Å². The molecule has 0 bridgehead atoms. The van der Waals surface area contributed by atoms with Gasteiger partial charge in [0.05, 0.1) is 13.2 Å². The molecule has 144 valence electrons. The molecule has 0 unspecified atom stereocenters. The molecule has 4 N–H and O–H groups in total. The van der Waals surface area contributed by atoms with Crippen LogP contribution < -0.4 is 21.3 Å². The normalized spacial score (nSPS) is 24.0. The highest BCUT2D eigenvalue weighted by Crippen LogP contribution is 2.14. The number of hydrogen-bond acceptors (Lipinski definition) is 8. The van der Waals surface area contributed by atoms with Crippen molar-refractivity contribution in [3.8, 4) is 0 Å². The maximum atomic E-state index is 5.01. The quantitative estimate of drug-likeness (QED) is 0.474. The molecule has 24 heavy (non-hydrogen) atoms. The topological polar surface area (TPSA) is 57.4 Å². The molecule has 0 spiro atoms. The van der Waals surface area contributed by atoms with Crippen LogP contribution >= 0.6 is 35.3 Å². The van der Waals surface area contributed by atoms with Crippen molar-refractivity contribution in [1.82, 2.24) is 21.3 Å². The smallest absolute Gasteiger partial charge is 0.0591 e. The number of ether oxygens (including phenoxy) is 1. The Balaban J connectivity index is 0.000000160. The van der Waals surface area contributed by atoms with E-state index in [4.69, 9.17) is 4.74 Å². The zero-order valence-corrected chi connectivity index (χ0v) is 17.4. The first-order valence-corrected chi connectivity index (χ1v) is 12.6. The van der Waals surface area contributed by atoms with Gasteiger partial charge in [-0.15, -0.1) is 0 Å². The van der Waals surface area contributed by atoms with Crippen molar-refractivity contribution in [2.75, 3.05) is 100 Å². The summed E-state index contributed by atoms with van der Waals surface area (Å²) in [4.78, 5) is 0. The third kappa shape index (κ3) is 17.7. The van der Waals surface area contributed by atoms with E-state index in [1.165, 1.54) is 47.6 Å². The van der Waals surface area contributed by atoms with Crippen LogP contribution in [0.2, 0.25) is 0 Å². The molecular formula is C16H36N4OS3. The molecule has 5 nitrogen and oxygen atoms in total. The molecule has 0 aliphatic carbocycles. The number of hydrogen-bond donors (Lipinski definition) is 4. The Bertz CT molecular complexity index is 143. The second-order valence-corrected chi connectivity index (χ2v) is 9.12. The summed E-state index contributed by atoms with van der Waals surface area (Å²) in [5.41, 5.74) is 0. The largest absolute Gasteiger partial charge is 0.379 e. The van der Waals surface area contributed by atoms with Gasteiger partial charge < -0.3 is 26.0 Å². The third-order valence-electron chi connectivity index (χ3n) is 3.39. The van der Waals surface area contributed by atoms with Gasteiger partial charge in [-0.1, -0.05) is 0 Å². The predicted molar refractivity (Wildman–Crippen MR) is 114 cm³/mol. The maximum Gasteiger partial charge on any atom is 0.0591 e. The predicted octanol–water partition coefficient (Wildman–Crippen LogP) is 0.575. The minimum atomic E-state index is 0.889. The van der Waals surface area contributed by atoms with Crippen LogP contribution in [0.1, 0.15) is 0 Å². The Morgan fingerprint density at radius 3 is 0.958 bits per heavy atom. The van der Waals surface area contributed by atoms with Crippen molar-refractivity contribution in [2.45, 2.75) is 0 Å². The Hall–Kier alpha value is 0.850. The van der Waals surface area contributed by atoms with Crippen molar-refractivity contribution in [1.29, 1.82) is 0 Å². The molecule has 4 aliphatic heterocycles. The van der Waals surface area contributed by atoms with Crippen LogP contribution in [0.25, 0.3) is 0 Å². The van der Waals surface area contributed by atoms with E-state index in [1.807, 2.05) is 11.8 Å². The molecule has 0 radical (unpaired) electrons. The van der Waals surface area contributed by atoms with Gasteiger partial charge in [-0.3, -0.25) is 0 Å². The zero-order chi connectivity index (χ0) is 17.0. The highest BCUT2D eigenvalue weighted by atomic mass is 32.2. The van der Waals surface area contributed by atoms with E-state index in [9.17, 15) is 0 Å². The standard InChI is InChI=1S/C4H10N2.C4H9NO.C4H9NS.C4H8S2/c1-2-6-4-3-5-1;2*1-3-6-4-2-5-1;1-2-6-4-3-5-1/h5-6H,1-4H2;2*5H,1-4H2;1-4H2. The van der Waals surface area contributed by atoms with Gasteiger partial charge in [-0.05, 0) is 0 Å². The Kier molecular flexibility index (Phi) is 19.2. The molecule has 4 saturated heterocycles. The van der Waals surface area contributed by atoms with Crippen LogP contribution in [0.15, 0.2) is 0 Å². The van der Waals surface area contributed by atoms with Crippen molar-refractivity contribution >= 4 is 35.3 Å². The Morgan fingerprint density at radius 1 is 0.417 bits per heavy atom. The molecule has 0 aromatic heterocycles. The number of rotatable bonds is 0. The summed E-state index contributed by atoms with van der Waals surface area (Å²) >= 11 is 6.18. The molecule has 8 heteroatoms. The molecule has 4 heterocycles. The number of piperazine rings is 1. The van der Waals surface area contributed by atoms with Crippen LogP contribution in [-0.2, 0) is 4.74 Å². The monoisotopic (exact) mass is 396 g/mol. The van der Waals surface area contributed by atoms with Crippen molar-refractivity contribution < 1.29 is 4.74 Å². The second kappa shape index (κ2) is 20.2. The fourth-order valence-corrected chi connectivity index (χ4v) is 5.15. The second-order valence-electron chi connectivity index (χ2n) is 5.45. The highest BCUT2D eigenvalue weighted by Gasteiger charge is 1.96. The lowest BCUT2D eigenvalue weighted by Crippen LogP contribution is -2.39. The maximum absolute atomic E-state index is 5.01. The molecule has 0 atom stereocenters. The van der Waals surface area contributed by atoms with Gasteiger partial charge in [0.1, 0.15) is 0 Å². The first-order valence-electron chi connectivity index (χ1n) is 9.14. The average molecular weight is 397 g/mol. The van der Waals surface area contributed by atoms with Crippen LogP contribution in [0.5, 0.6) is 0 Å². The fraction of sp³-hybridized carbons (Fsp3) is 1.00. The molecule has 4 aliphatic rings. The molecule has 4 rings (SSSR count). The summed E-state index contributed by atoms with van der Waals surface area (Å²) in [6.07, 6.45) is 0. The van der Waals surface area contributed by atoms with Gasteiger partial charge in [0.15, 0.2) is 0 Å². The van der Waals surface area contributed by atoms with Crippen molar-refractivity contribution in [3.05, 3.63) is 0 Å². The lowest BCUT2D eigenvalue weighted by atomic mass is 10.4. The molecule has 0 saturated carbocycles. The lowest BCUT2D eigenvalue weighted by Gasteiger charge is -2.11. The number of morpholine rings is 1. The Morgan fingerprint density at radius 2 is 0.792 bits per heavy atom. The van der Waals surface area contributed by atoms with Gasteiger partial charge in [-0.2, -0.15) is 35.3 Å². The summed E-state index contributed by atoms with van der Waals surface area (Å²) in [5, 5.41) is 12.9. The molecule has 4 fully saturated rings. The number of nitrogens with one attached hydrogen (secondary N) is 4. The summed E-state index contributed by atoms with van der Waals surface area (Å²) in [6.45, 7) is 10.8. The Labute approximate surface area is 161 Å². The summed E-state index contributed by atoms with van der Waals surface area (Å²) in [6, 6.07) is 0. The molecule has 0 aromatic carbocycles. The van der Waals surface area contributed by atoms with Crippen LogP contribution in [0.3, 0.4) is 0 Å². The van der Waals surface area contributed by atoms with E-state index in [2.05, 4.69) is 44.8 Å². The van der Waals surface area contributed by atoms with Gasteiger partial charge in [0.25, 0.3) is 0 Å². The number of thioether (sulfide) groups is 3. The molecule has 0 amide bonds. The first-order chi connectivity index (χ1) is 12.0. The van der Waals surface area contributed by atoms with Gasteiger partial charge >= 0.3 is 0 Å². The van der Waals surface area contributed by atoms with Crippen molar-refractivity contribution in [2.24, 2.45) is 0 Å². The van der Waals surface area contributed by atoms with Crippen LogP contribution in [0, 0.1) is 0 Å². The van der Waals surface area contributed by atoms with Crippen LogP contribution in [0.4, 0.5) is 0 Å². The summed E-state index contributed by atoms with van der Waals surface area (Å²) in [7, 11) is 0. The third-order valence-corrected chi connectivity index (χ3v) is 6.87. The minimum absolute atomic E-state index is 0.889. The SMILES string of the molecule is C1CNCCN1.C1COCCN1.C1CSCCN1.C1CSCCS1. The van der Waals surface area contributed by atoms with E-state index < -0.39 is 0 Å². The highest BCUT2D eigenvalue weighted by molar-refractivity contribution is 8.06. The van der Waals surface area contributed by atoms with Gasteiger partial charge in [0.2, 0.25) is 0 Å². The average Bonchev–Trinajstić information content (AvgIpc) is 2.75. The van der Waals surface area contributed by atoms with E-state index in [0.717, 1.165) is 52.5 Å². The summed E-state index contributed by atoms with van der Waals surface area (Å²) in [5.74, 6) is 8.13. The fourth-order valence-electron chi connectivity index (χ4n) is 2.07. The van der Waals surface area contributed by atoms with E-state index in [-0.39, 0.29) is 0 Å². The minimum Gasteiger partial charge on any atom is -0.379 e. The van der Waals surface area contributed by atoms with Gasteiger partial charge in [0, 0.05) is 86.9 Å². The zero-order valence-electron chi connectivity index (χ0n) is 14.9. The molecular weight excluding hydrogens is 360 g/mol. The summed E-state index contributed by atoms with van der Waals surface area (Å²) < 4.78 is 5.01. The van der Waals surface area contributed by atoms with Crippen LogP contribution in [-0.4, -0.2) is 100 Å². The lowest BCUT2D eigenvalue weighted by molar-refractivity contribution is 0.109. The first kappa shape index (κ1) is 22.9. The van der Waals surface area contributed by atoms with E-state index in [0.29, 0.717) is 0 Å². The van der Waals surface area contributed by atoms with E-state index in [1.54, 1.807) is 0 Å². The van der Waals surface area contributed by atoms with Gasteiger partial charge in [-0.25, -0.2) is 0 Å². The van der Waals surface area contributed by atoms with E-state index >= 15 is 0 Å².